The lowest BCUT2D eigenvalue weighted by molar-refractivity contribution is -0.129. The van der Waals surface area contributed by atoms with E-state index >= 15 is 0 Å². The van der Waals surface area contributed by atoms with Crippen molar-refractivity contribution < 1.29 is 15.0 Å². The topological polar surface area (TPSA) is 81.6 Å². The van der Waals surface area contributed by atoms with Crippen LogP contribution in [0.2, 0.25) is 0 Å². The predicted octanol–water partition coefficient (Wildman–Crippen LogP) is -0.764. The second-order valence-corrected chi connectivity index (χ2v) is 4.46. The molecule has 0 atom stereocenters. The average Bonchev–Trinajstić information content (AvgIpc) is 2.37. The van der Waals surface area contributed by atoms with Crippen molar-refractivity contribution in [1.82, 2.24) is 10.6 Å². The summed E-state index contributed by atoms with van der Waals surface area (Å²) in [5.74, 6) is -0.0447. The van der Waals surface area contributed by atoms with E-state index in [9.17, 15) is 15.0 Å². The number of piperidine rings is 1. The maximum absolute atomic E-state index is 11.9. The molecule has 0 unspecified atom stereocenters. The Morgan fingerprint density at radius 2 is 1.94 bits per heavy atom. The van der Waals surface area contributed by atoms with Crippen molar-refractivity contribution in [3.05, 3.63) is 0 Å². The van der Waals surface area contributed by atoms with E-state index in [1.807, 2.05) is 6.92 Å². The average molecular weight is 230 g/mol. The number of carbonyl (C=O) groups is 1. The molecular weight excluding hydrogens is 208 g/mol. The first kappa shape index (κ1) is 13.4. The molecule has 1 rings (SSSR count). The molecule has 0 aromatic heterocycles. The molecule has 0 bridgehead atoms. The Morgan fingerprint density at radius 3 is 2.38 bits per heavy atom. The Balaban J connectivity index is 2.53. The molecule has 0 spiro atoms. The normalized spacial score (nSPS) is 18.4. The maximum Gasteiger partial charge on any atom is 0.223 e. The van der Waals surface area contributed by atoms with Crippen LogP contribution in [0, 0.1) is 5.92 Å². The molecule has 1 heterocycles. The van der Waals surface area contributed by atoms with Gasteiger partial charge in [0.2, 0.25) is 5.91 Å². The van der Waals surface area contributed by atoms with Crippen LogP contribution in [0.1, 0.15) is 26.2 Å². The van der Waals surface area contributed by atoms with Crippen LogP contribution in [0.4, 0.5) is 0 Å². The van der Waals surface area contributed by atoms with Crippen LogP contribution in [0.25, 0.3) is 0 Å². The van der Waals surface area contributed by atoms with Gasteiger partial charge in [-0.15, -0.1) is 0 Å². The molecular formula is C11H22N2O3. The zero-order valence-electron chi connectivity index (χ0n) is 9.83. The smallest absolute Gasteiger partial charge is 0.223 e. The van der Waals surface area contributed by atoms with Gasteiger partial charge in [0.25, 0.3) is 0 Å². The van der Waals surface area contributed by atoms with Crippen molar-refractivity contribution in [3.63, 3.8) is 0 Å². The van der Waals surface area contributed by atoms with E-state index in [0.717, 1.165) is 25.9 Å². The highest BCUT2D eigenvalue weighted by Gasteiger charge is 2.31. The van der Waals surface area contributed by atoms with Crippen molar-refractivity contribution in [3.8, 4) is 0 Å². The van der Waals surface area contributed by atoms with Gasteiger partial charge >= 0.3 is 0 Å². The van der Waals surface area contributed by atoms with Crippen molar-refractivity contribution in [1.29, 1.82) is 0 Å². The maximum atomic E-state index is 11.9. The van der Waals surface area contributed by atoms with E-state index in [1.54, 1.807) is 0 Å². The zero-order valence-corrected chi connectivity index (χ0v) is 9.83. The van der Waals surface area contributed by atoms with Crippen LogP contribution in [0.3, 0.4) is 0 Å². The van der Waals surface area contributed by atoms with Gasteiger partial charge in [0, 0.05) is 5.92 Å². The Labute approximate surface area is 96.2 Å². The third kappa shape index (κ3) is 3.17. The fourth-order valence-electron chi connectivity index (χ4n) is 1.89. The SMILES string of the molecule is CCC(CO)(CO)NC(=O)C1CCNCC1. The molecule has 5 nitrogen and oxygen atoms in total. The highest BCUT2D eigenvalue weighted by Crippen LogP contribution is 2.15. The Morgan fingerprint density at radius 1 is 1.38 bits per heavy atom. The van der Waals surface area contributed by atoms with E-state index in [0.29, 0.717) is 6.42 Å². The zero-order chi connectivity index (χ0) is 12.0. The van der Waals surface area contributed by atoms with E-state index in [2.05, 4.69) is 10.6 Å². The second kappa shape index (κ2) is 6.18. The van der Waals surface area contributed by atoms with Crippen LogP contribution < -0.4 is 10.6 Å². The summed E-state index contributed by atoms with van der Waals surface area (Å²) in [6.45, 7) is 3.10. The van der Waals surface area contributed by atoms with Crippen LogP contribution >= 0.6 is 0 Å². The van der Waals surface area contributed by atoms with Gasteiger partial charge in [-0.25, -0.2) is 0 Å². The monoisotopic (exact) mass is 230 g/mol. The molecule has 0 saturated carbocycles. The molecule has 1 aliphatic heterocycles. The first-order valence-electron chi connectivity index (χ1n) is 5.92. The third-order valence-electron chi connectivity index (χ3n) is 3.38. The standard InChI is InChI=1S/C11H22N2O3/c1-2-11(7-14,8-15)13-10(16)9-3-5-12-6-4-9/h9,12,14-15H,2-8H2,1H3,(H,13,16). The molecule has 1 fully saturated rings. The van der Waals surface area contributed by atoms with E-state index < -0.39 is 5.54 Å². The predicted molar refractivity (Wildman–Crippen MR) is 60.9 cm³/mol. The fraction of sp³-hybridized carbons (Fsp3) is 0.909. The first-order valence-corrected chi connectivity index (χ1v) is 5.92. The summed E-state index contributed by atoms with van der Waals surface area (Å²) in [5, 5.41) is 24.5. The summed E-state index contributed by atoms with van der Waals surface area (Å²) < 4.78 is 0. The lowest BCUT2D eigenvalue weighted by Crippen LogP contribution is -2.56. The number of hydrogen-bond donors (Lipinski definition) is 4. The molecule has 1 amide bonds. The molecule has 1 saturated heterocycles. The lowest BCUT2D eigenvalue weighted by atomic mass is 9.93. The van der Waals surface area contributed by atoms with Gasteiger partial charge in [-0.2, -0.15) is 0 Å². The molecule has 1 aliphatic rings. The number of hydrogen-bond acceptors (Lipinski definition) is 4. The van der Waals surface area contributed by atoms with Crippen molar-refractivity contribution >= 4 is 5.91 Å². The second-order valence-electron chi connectivity index (χ2n) is 4.46. The number of amides is 1. The highest BCUT2D eigenvalue weighted by molar-refractivity contribution is 5.79. The highest BCUT2D eigenvalue weighted by atomic mass is 16.3. The third-order valence-corrected chi connectivity index (χ3v) is 3.38. The molecule has 4 N–H and O–H groups in total. The van der Waals surface area contributed by atoms with Gasteiger partial charge in [0.15, 0.2) is 0 Å². The number of aliphatic hydroxyl groups excluding tert-OH is 2. The summed E-state index contributed by atoms with van der Waals surface area (Å²) in [5.41, 5.74) is -0.859. The summed E-state index contributed by atoms with van der Waals surface area (Å²) in [7, 11) is 0. The largest absolute Gasteiger partial charge is 0.394 e. The Hall–Kier alpha value is -0.650. The van der Waals surface area contributed by atoms with Crippen molar-refractivity contribution in [2.75, 3.05) is 26.3 Å². The van der Waals surface area contributed by atoms with Gasteiger partial charge < -0.3 is 20.8 Å². The number of nitrogens with one attached hydrogen (secondary N) is 2. The molecule has 0 aromatic rings. The summed E-state index contributed by atoms with van der Waals surface area (Å²) in [6, 6.07) is 0. The Kier molecular flexibility index (Phi) is 5.18. The van der Waals surface area contributed by atoms with E-state index in [4.69, 9.17) is 0 Å². The molecule has 94 valence electrons. The van der Waals surface area contributed by atoms with Crippen LogP contribution in [-0.2, 0) is 4.79 Å². The van der Waals surface area contributed by atoms with Gasteiger partial charge in [0.1, 0.15) is 0 Å². The molecule has 0 radical (unpaired) electrons. The van der Waals surface area contributed by atoms with Gasteiger partial charge in [-0.1, -0.05) is 6.92 Å². The van der Waals surface area contributed by atoms with Gasteiger partial charge in [-0.05, 0) is 32.4 Å². The van der Waals surface area contributed by atoms with E-state index in [1.165, 1.54) is 0 Å². The number of carbonyl (C=O) groups excluding carboxylic acids is 1. The first-order chi connectivity index (χ1) is 7.67. The quantitative estimate of drug-likeness (QED) is 0.500. The lowest BCUT2D eigenvalue weighted by Gasteiger charge is -2.32. The van der Waals surface area contributed by atoms with Crippen LogP contribution in [-0.4, -0.2) is 48.0 Å². The minimum Gasteiger partial charge on any atom is -0.394 e. The summed E-state index contributed by atoms with van der Waals surface area (Å²) in [6.07, 6.45) is 2.17. The van der Waals surface area contributed by atoms with Gasteiger partial charge in [-0.3, -0.25) is 4.79 Å². The minimum absolute atomic E-state index is 0.00488. The fourth-order valence-corrected chi connectivity index (χ4v) is 1.89. The van der Waals surface area contributed by atoms with Gasteiger partial charge in [0.05, 0.1) is 18.8 Å². The Bertz CT molecular complexity index is 215. The van der Waals surface area contributed by atoms with E-state index in [-0.39, 0.29) is 25.0 Å². The number of aliphatic hydroxyl groups is 2. The number of rotatable bonds is 5. The summed E-state index contributed by atoms with van der Waals surface area (Å²) in [4.78, 5) is 11.9. The molecule has 0 aliphatic carbocycles. The van der Waals surface area contributed by atoms with Crippen LogP contribution in [0.5, 0.6) is 0 Å². The van der Waals surface area contributed by atoms with Crippen LogP contribution in [0.15, 0.2) is 0 Å². The minimum atomic E-state index is -0.859. The molecule has 5 heteroatoms. The van der Waals surface area contributed by atoms with Crippen molar-refractivity contribution in [2.24, 2.45) is 5.92 Å². The molecule has 0 aromatic carbocycles. The summed E-state index contributed by atoms with van der Waals surface area (Å²) >= 11 is 0. The molecule has 16 heavy (non-hydrogen) atoms. The van der Waals surface area contributed by atoms with Crippen molar-refractivity contribution in [2.45, 2.75) is 31.7 Å².